The Morgan fingerprint density at radius 2 is 1.39 bits per heavy atom. The standard InChI is InChI=1S/C27H20BrNO2/c1-2-29-24-6-4-3-5-22(24)23-15-20(10-12-25(23)29)27(31)16-26(30)19-8-7-18-14-21(28)11-9-17(18)13-19/h3-15H,2,16H2,1H3. The molecule has 1 aromatic heterocycles. The third-order valence-electron chi connectivity index (χ3n) is 5.86. The molecule has 5 aromatic rings. The third-order valence-corrected chi connectivity index (χ3v) is 6.35. The zero-order valence-corrected chi connectivity index (χ0v) is 18.6. The maximum absolute atomic E-state index is 13.0. The van der Waals surface area contributed by atoms with Gasteiger partial charge in [0.1, 0.15) is 0 Å². The van der Waals surface area contributed by atoms with Crippen molar-refractivity contribution in [3.8, 4) is 0 Å². The number of halogens is 1. The van der Waals surface area contributed by atoms with E-state index in [-0.39, 0.29) is 18.0 Å². The molecule has 1 heterocycles. The maximum Gasteiger partial charge on any atom is 0.170 e. The van der Waals surface area contributed by atoms with E-state index in [0.29, 0.717) is 11.1 Å². The summed E-state index contributed by atoms with van der Waals surface area (Å²) in [6.07, 6.45) is -0.139. The molecule has 0 N–H and O–H groups in total. The molecular weight excluding hydrogens is 450 g/mol. The Kier molecular flexibility index (Phi) is 4.95. The molecule has 0 radical (unpaired) electrons. The largest absolute Gasteiger partial charge is 0.341 e. The minimum absolute atomic E-state index is 0.139. The first-order chi connectivity index (χ1) is 15.0. The van der Waals surface area contributed by atoms with Crippen LogP contribution in [0, 0.1) is 0 Å². The van der Waals surface area contributed by atoms with Gasteiger partial charge in [-0.15, -0.1) is 0 Å². The van der Waals surface area contributed by atoms with Crippen molar-refractivity contribution in [1.29, 1.82) is 0 Å². The van der Waals surface area contributed by atoms with Gasteiger partial charge in [0.05, 0.1) is 6.42 Å². The van der Waals surface area contributed by atoms with E-state index in [2.05, 4.69) is 39.6 Å². The van der Waals surface area contributed by atoms with Crippen LogP contribution in [-0.2, 0) is 6.54 Å². The number of ketones is 2. The van der Waals surface area contributed by atoms with Crippen LogP contribution in [0.5, 0.6) is 0 Å². The Morgan fingerprint density at radius 1 is 0.742 bits per heavy atom. The summed E-state index contributed by atoms with van der Waals surface area (Å²) < 4.78 is 3.24. The summed E-state index contributed by atoms with van der Waals surface area (Å²) in [5.74, 6) is -0.318. The maximum atomic E-state index is 13.0. The normalized spacial score (nSPS) is 11.4. The van der Waals surface area contributed by atoms with Gasteiger partial charge in [-0.05, 0) is 60.2 Å². The van der Waals surface area contributed by atoms with Crippen molar-refractivity contribution >= 4 is 60.1 Å². The van der Waals surface area contributed by atoms with E-state index >= 15 is 0 Å². The molecule has 31 heavy (non-hydrogen) atoms. The van der Waals surface area contributed by atoms with Crippen molar-refractivity contribution in [2.75, 3.05) is 0 Å². The lowest BCUT2D eigenvalue weighted by atomic mass is 9.98. The van der Waals surface area contributed by atoms with Gasteiger partial charge in [-0.2, -0.15) is 0 Å². The number of aromatic nitrogens is 1. The van der Waals surface area contributed by atoms with Crippen molar-refractivity contribution in [1.82, 2.24) is 4.57 Å². The van der Waals surface area contributed by atoms with Crippen molar-refractivity contribution < 1.29 is 9.59 Å². The molecule has 0 aliphatic rings. The molecule has 0 unspecified atom stereocenters. The molecule has 0 aliphatic heterocycles. The first-order valence-corrected chi connectivity index (χ1v) is 11.1. The molecule has 0 saturated heterocycles. The number of carbonyl (C=O) groups is 2. The highest BCUT2D eigenvalue weighted by Crippen LogP contribution is 2.30. The van der Waals surface area contributed by atoms with E-state index in [1.807, 2.05) is 60.7 Å². The minimum atomic E-state index is -0.161. The number of hydrogen-bond donors (Lipinski definition) is 0. The van der Waals surface area contributed by atoms with E-state index in [1.54, 1.807) is 6.07 Å². The number of rotatable bonds is 5. The predicted molar refractivity (Wildman–Crippen MR) is 130 cm³/mol. The van der Waals surface area contributed by atoms with Gasteiger partial charge >= 0.3 is 0 Å². The van der Waals surface area contributed by atoms with E-state index in [9.17, 15) is 9.59 Å². The lowest BCUT2D eigenvalue weighted by Gasteiger charge is -2.06. The average Bonchev–Trinajstić information content (AvgIpc) is 3.11. The van der Waals surface area contributed by atoms with Gasteiger partial charge in [0.25, 0.3) is 0 Å². The zero-order chi connectivity index (χ0) is 21.5. The fourth-order valence-electron chi connectivity index (χ4n) is 4.31. The molecule has 5 rings (SSSR count). The lowest BCUT2D eigenvalue weighted by Crippen LogP contribution is -2.08. The van der Waals surface area contributed by atoms with E-state index in [1.165, 1.54) is 0 Å². The molecule has 0 fully saturated rings. The molecule has 0 amide bonds. The summed E-state index contributed by atoms with van der Waals surface area (Å²) in [5.41, 5.74) is 3.40. The van der Waals surface area contributed by atoms with E-state index in [4.69, 9.17) is 0 Å². The second-order valence-corrected chi connectivity index (χ2v) is 8.64. The molecule has 0 atom stereocenters. The lowest BCUT2D eigenvalue weighted by molar-refractivity contribution is 0.0894. The Hall–Kier alpha value is -3.24. The quantitative estimate of drug-likeness (QED) is 0.202. The highest BCUT2D eigenvalue weighted by atomic mass is 79.9. The first-order valence-electron chi connectivity index (χ1n) is 10.3. The van der Waals surface area contributed by atoms with Crippen molar-refractivity contribution in [2.24, 2.45) is 0 Å². The molecular formula is C27H20BrNO2. The van der Waals surface area contributed by atoms with Gasteiger partial charge < -0.3 is 4.57 Å². The second-order valence-electron chi connectivity index (χ2n) is 7.72. The van der Waals surface area contributed by atoms with Crippen LogP contribution in [0.4, 0.5) is 0 Å². The summed E-state index contributed by atoms with van der Waals surface area (Å²) in [6.45, 7) is 2.97. The number of benzene rings is 4. The van der Waals surface area contributed by atoms with Crippen LogP contribution in [0.3, 0.4) is 0 Å². The number of hydrogen-bond acceptors (Lipinski definition) is 2. The molecule has 0 saturated carbocycles. The van der Waals surface area contributed by atoms with Crippen molar-refractivity contribution in [2.45, 2.75) is 19.9 Å². The van der Waals surface area contributed by atoms with Gasteiger partial charge in [-0.3, -0.25) is 9.59 Å². The highest BCUT2D eigenvalue weighted by Gasteiger charge is 2.17. The fraction of sp³-hybridized carbons (Fsp3) is 0.111. The van der Waals surface area contributed by atoms with Crippen molar-refractivity contribution in [3.05, 3.63) is 94.5 Å². The van der Waals surface area contributed by atoms with Gasteiger partial charge in [0.15, 0.2) is 11.6 Å². The summed E-state index contributed by atoms with van der Waals surface area (Å²) in [5, 5.41) is 4.21. The number of fused-ring (bicyclic) bond motifs is 4. The Balaban J connectivity index is 1.47. The predicted octanol–water partition coefficient (Wildman–Crippen LogP) is 7.19. The molecule has 4 aromatic carbocycles. The molecule has 4 heteroatoms. The molecule has 152 valence electrons. The van der Waals surface area contributed by atoms with Gasteiger partial charge in [0.2, 0.25) is 0 Å². The topological polar surface area (TPSA) is 39.1 Å². The van der Waals surface area contributed by atoms with Crippen LogP contribution < -0.4 is 0 Å². The summed E-state index contributed by atoms with van der Waals surface area (Å²) >= 11 is 3.46. The fourth-order valence-corrected chi connectivity index (χ4v) is 4.69. The average molecular weight is 470 g/mol. The number of Topliss-reactive ketones (excluding diaryl/α,β-unsaturated/α-hetero) is 2. The highest BCUT2D eigenvalue weighted by molar-refractivity contribution is 9.10. The molecule has 0 aliphatic carbocycles. The Bertz CT molecular complexity index is 1500. The van der Waals surface area contributed by atoms with Gasteiger partial charge in [-0.1, -0.05) is 52.3 Å². The minimum Gasteiger partial charge on any atom is -0.341 e. The monoisotopic (exact) mass is 469 g/mol. The zero-order valence-electron chi connectivity index (χ0n) is 17.1. The van der Waals surface area contributed by atoms with Gasteiger partial charge in [0, 0.05) is 44.0 Å². The number of nitrogens with zero attached hydrogens (tertiary/aromatic N) is 1. The van der Waals surface area contributed by atoms with Crippen LogP contribution in [0.15, 0.2) is 83.3 Å². The summed E-state index contributed by atoms with van der Waals surface area (Å²) in [7, 11) is 0. The Labute approximate surface area is 188 Å². The Morgan fingerprint density at radius 3 is 2.19 bits per heavy atom. The molecule has 0 spiro atoms. The molecule has 3 nitrogen and oxygen atoms in total. The molecule has 0 bridgehead atoms. The number of aryl methyl sites for hydroxylation is 1. The van der Waals surface area contributed by atoms with E-state index < -0.39 is 0 Å². The van der Waals surface area contributed by atoms with Crippen LogP contribution in [0.1, 0.15) is 34.1 Å². The van der Waals surface area contributed by atoms with E-state index in [0.717, 1.165) is 43.6 Å². The second kappa shape index (κ2) is 7.78. The summed E-state index contributed by atoms with van der Waals surface area (Å²) in [4.78, 5) is 25.8. The number of carbonyl (C=O) groups excluding carboxylic acids is 2. The number of para-hydroxylation sites is 1. The van der Waals surface area contributed by atoms with Crippen LogP contribution in [0.25, 0.3) is 32.6 Å². The van der Waals surface area contributed by atoms with Crippen LogP contribution >= 0.6 is 15.9 Å². The van der Waals surface area contributed by atoms with Crippen LogP contribution in [0.2, 0.25) is 0 Å². The smallest absolute Gasteiger partial charge is 0.170 e. The van der Waals surface area contributed by atoms with Crippen molar-refractivity contribution in [3.63, 3.8) is 0 Å². The van der Waals surface area contributed by atoms with Gasteiger partial charge in [-0.25, -0.2) is 0 Å². The first kappa shape index (κ1) is 19.7. The SMILES string of the molecule is CCn1c2ccccc2c2cc(C(=O)CC(=O)c3ccc4cc(Br)ccc4c3)ccc21. The third kappa shape index (κ3) is 3.47. The summed E-state index contributed by atoms with van der Waals surface area (Å²) in [6, 6.07) is 25.5. The van der Waals surface area contributed by atoms with Crippen LogP contribution in [-0.4, -0.2) is 16.1 Å².